The number of hydrogen-bond donors (Lipinski definition) is 0. The standard InChI is InChI=1S/C29H36BrNO/c30-23-13-5-3-1-2-4-6-14-24-32-25-26-19-21-29(22-20-26)31(27-15-9-7-10-16-27)28-17-11-8-12-18-28/h7-12,15-22H,1-6,13-14,23-25H2. The van der Waals surface area contributed by atoms with E-state index in [1.54, 1.807) is 0 Å². The van der Waals surface area contributed by atoms with Crippen LogP contribution in [0.15, 0.2) is 84.9 Å². The first-order chi connectivity index (χ1) is 15.9. The summed E-state index contributed by atoms with van der Waals surface area (Å²) in [6.45, 7) is 1.54. The van der Waals surface area contributed by atoms with E-state index in [9.17, 15) is 0 Å². The Morgan fingerprint density at radius 2 is 1.00 bits per heavy atom. The molecule has 0 N–H and O–H groups in total. The first kappa shape index (κ1) is 24.5. The highest BCUT2D eigenvalue weighted by Crippen LogP contribution is 2.34. The third kappa shape index (κ3) is 8.44. The van der Waals surface area contributed by atoms with Crippen molar-refractivity contribution < 1.29 is 4.74 Å². The third-order valence-electron chi connectivity index (χ3n) is 5.66. The fraction of sp³-hybridized carbons (Fsp3) is 0.379. The highest BCUT2D eigenvalue weighted by atomic mass is 79.9. The molecule has 0 heterocycles. The largest absolute Gasteiger partial charge is 0.377 e. The number of unbranched alkanes of at least 4 members (excludes halogenated alkanes) is 7. The molecule has 3 aromatic rings. The van der Waals surface area contributed by atoms with Gasteiger partial charge >= 0.3 is 0 Å². The van der Waals surface area contributed by atoms with Crippen LogP contribution in [0.25, 0.3) is 0 Å². The van der Waals surface area contributed by atoms with E-state index in [0.717, 1.165) is 35.4 Å². The van der Waals surface area contributed by atoms with Gasteiger partial charge in [-0.15, -0.1) is 0 Å². The van der Waals surface area contributed by atoms with Crippen molar-refractivity contribution in [1.29, 1.82) is 0 Å². The van der Waals surface area contributed by atoms with Crippen molar-refractivity contribution in [1.82, 2.24) is 0 Å². The molecule has 0 aromatic heterocycles. The Morgan fingerprint density at radius 1 is 0.531 bits per heavy atom. The Kier molecular flexibility index (Phi) is 11.4. The summed E-state index contributed by atoms with van der Waals surface area (Å²) in [6.07, 6.45) is 10.6. The molecule has 0 aliphatic heterocycles. The Labute approximate surface area is 202 Å². The third-order valence-corrected chi connectivity index (χ3v) is 6.23. The maximum Gasteiger partial charge on any atom is 0.0716 e. The van der Waals surface area contributed by atoms with Crippen molar-refractivity contribution in [2.75, 3.05) is 16.8 Å². The lowest BCUT2D eigenvalue weighted by molar-refractivity contribution is 0.116. The molecule has 3 aromatic carbocycles. The van der Waals surface area contributed by atoms with Crippen molar-refractivity contribution in [3.8, 4) is 0 Å². The van der Waals surface area contributed by atoms with Gasteiger partial charge in [0.15, 0.2) is 0 Å². The highest BCUT2D eigenvalue weighted by Gasteiger charge is 2.11. The summed E-state index contributed by atoms with van der Waals surface area (Å²) in [4.78, 5) is 2.28. The van der Waals surface area contributed by atoms with Gasteiger partial charge in [-0.3, -0.25) is 0 Å². The number of ether oxygens (including phenoxy) is 1. The second-order valence-electron chi connectivity index (χ2n) is 8.24. The van der Waals surface area contributed by atoms with Crippen LogP contribution in [0.3, 0.4) is 0 Å². The highest BCUT2D eigenvalue weighted by molar-refractivity contribution is 9.09. The van der Waals surface area contributed by atoms with Crippen molar-refractivity contribution >= 4 is 33.0 Å². The zero-order valence-corrected chi connectivity index (χ0v) is 20.7. The van der Waals surface area contributed by atoms with Gasteiger partial charge in [-0.2, -0.15) is 0 Å². The molecule has 0 amide bonds. The zero-order valence-electron chi connectivity index (χ0n) is 19.1. The normalized spacial score (nSPS) is 10.9. The summed E-state index contributed by atoms with van der Waals surface area (Å²) in [6, 6.07) is 29.8. The van der Waals surface area contributed by atoms with E-state index in [4.69, 9.17) is 4.74 Å². The molecule has 0 bridgehead atoms. The van der Waals surface area contributed by atoms with Gasteiger partial charge in [0.2, 0.25) is 0 Å². The van der Waals surface area contributed by atoms with Gasteiger partial charge in [0.05, 0.1) is 6.61 Å². The molecule has 0 saturated heterocycles. The smallest absolute Gasteiger partial charge is 0.0716 e. The lowest BCUT2D eigenvalue weighted by Crippen LogP contribution is -2.09. The minimum Gasteiger partial charge on any atom is -0.377 e. The molecule has 170 valence electrons. The average molecular weight is 495 g/mol. The molecule has 2 nitrogen and oxygen atoms in total. The van der Waals surface area contributed by atoms with Crippen LogP contribution in [-0.4, -0.2) is 11.9 Å². The van der Waals surface area contributed by atoms with Crippen LogP contribution >= 0.6 is 15.9 Å². The number of hydrogen-bond acceptors (Lipinski definition) is 2. The molecular formula is C29H36BrNO. The maximum atomic E-state index is 5.93. The van der Waals surface area contributed by atoms with Gasteiger partial charge in [0, 0.05) is 29.0 Å². The van der Waals surface area contributed by atoms with E-state index in [-0.39, 0.29) is 0 Å². The number of para-hydroxylation sites is 2. The van der Waals surface area contributed by atoms with Crippen LogP contribution in [0.5, 0.6) is 0 Å². The van der Waals surface area contributed by atoms with Gasteiger partial charge in [0.1, 0.15) is 0 Å². The summed E-state index contributed by atoms with van der Waals surface area (Å²) in [5.74, 6) is 0. The Balaban J connectivity index is 1.43. The van der Waals surface area contributed by atoms with Crippen molar-refractivity contribution in [2.45, 2.75) is 58.0 Å². The summed E-state index contributed by atoms with van der Waals surface area (Å²) < 4.78 is 5.93. The molecule has 0 saturated carbocycles. The van der Waals surface area contributed by atoms with Gasteiger partial charge in [-0.1, -0.05) is 103 Å². The van der Waals surface area contributed by atoms with E-state index < -0.39 is 0 Å². The quantitative estimate of drug-likeness (QED) is 0.154. The van der Waals surface area contributed by atoms with Gasteiger partial charge in [0.25, 0.3) is 0 Å². The fourth-order valence-corrected chi connectivity index (χ4v) is 4.29. The number of halogens is 1. The molecule has 32 heavy (non-hydrogen) atoms. The molecule has 0 fully saturated rings. The molecule has 3 heteroatoms. The number of benzene rings is 3. The number of nitrogens with zero attached hydrogens (tertiary/aromatic N) is 1. The fourth-order valence-electron chi connectivity index (χ4n) is 3.89. The number of anilines is 3. The first-order valence-electron chi connectivity index (χ1n) is 12.0. The Bertz CT molecular complexity index is 812. The lowest BCUT2D eigenvalue weighted by Gasteiger charge is -2.25. The molecule has 0 atom stereocenters. The molecule has 0 aliphatic rings. The van der Waals surface area contributed by atoms with E-state index in [2.05, 4.69) is 106 Å². The molecule has 0 unspecified atom stereocenters. The summed E-state index contributed by atoms with van der Waals surface area (Å²) >= 11 is 3.50. The second kappa shape index (κ2) is 14.9. The molecule has 0 spiro atoms. The summed E-state index contributed by atoms with van der Waals surface area (Å²) in [7, 11) is 0. The topological polar surface area (TPSA) is 12.5 Å². The Hall–Kier alpha value is -2.10. The summed E-state index contributed by atoms with van der Waals surface area (Å²) in [5, 5.41) is 1.14. The van der Waals surface area contributed by atoms with Gasteiger partial charge < -0.3 is 9.64 Å². The van der Waals surface area contributed by atoms with Crippen molar-refractivity contribution in [3.05, 3.63) is 90.5 Å². The molecular weight excluding hydrogens is 458 g/mol. The molecule has 0 radical (unpaired) electrons. The minimum atomic E-state index is 0.684. The van der Waals surface area contributed by atoms with Crippen LogP contribution in [0, 0.1) is 0 Å². The van der Waals surface area contributed by atoms with Crippen LogP contribution < -0.4 is 4.90 Å². The second-order valence-corrected chi connectivity index (χ2v) is 9.04. The van der Waals surface area contributed by atoms with Crippen molar-refractivity contribution in [3.63, 3.8) is 0 Å². The molecule has 0 aliphatic carbocycles. The SMILES string of the molecule is BrCCCCCCCCCCOCc1ccc(N(c2ccccc2)c2ccccc2)cc1. The number of rotatable bonds is 15. The predicted molar refractivity (Wildman–Crippen MR) is 142 cm³/mol. The Morgan fingerprint density at radius 3 is 1.53 bits per heavy atom. The number of alkyl halides is 1. The first-order valence-corrected chi connectivity index (χ1v) is 13.1. The lowest BCUT2D eigenvalue weighted by atomic mass is 10.1. The van der Waals surface area contributed by atoms with E-state index >= 15 is 0 Å². The van der Waals surface area contributed by atoms with E-state index in [0.29, 0.717) is 6.61 Å². The predicted octanol–water partition coefficient (Wildman–Crippen LogP) is 9.19. The van der Waals surface area contributed by atoms with Crippen LogP contribution in [0.4, 0.5) is 17.1 Å². The van der Waals surface area contributed by atoms with Crippen LogP contribution in [0.2, 0.25) is 0 Å². The maximum absolute atomic E-state index is 5.93. The van der Waals surface area contributed by atoms with Crippen molar-refractivity contribution in [2.24, 2.45) is 0 Å². The van der Waals surface area contributed by atoms with E-state index in [1.807, 2.05) is 0 Å². The van der Waals surface area contributed by atoms with Crippen LogP contribution in [0.1, 0.15) is 56.9 Å². The monoisotopic (exact) mass is 493 g/mol. The van der Waals surface area contributed by atoms with Crippen LogP contribution in [-0.2, 0) is 11.3 Å². The average Bonchev–Trinajstić information content (AvgIpc) is 2.85. The van der Waals surface area contributed by atoms with Gasteiger partial charge in [-0.05, 0) is 54.8 Å². The van der Waals surface area contributed by atoms with E-state index in [1.165, 1.54) is 50.5 Å². The summed E-state index contributed by atoms with van der Waals surface area (Å²) in [5.41, 5.74) is 4.69. The molecule has 3 rings (SSSR count). The van der Waals surface area contributed by atoms with Gasteiger partial charge in [-0.25, -0.2) is 0 Å². The zero-order chi connectivity index (χ0) is 22.3. The minimum absolute atomic E-state index is 0.684.